The second kappa shape index (κ2) is 11.7. The molecule has 0 bridgehead atoms. The van der Waals surface area contributed by atoms with Crippen LogP contribution in [-0.2, 0) is 12.8 Å². The van der Waals surface area contributed by atoms with Gasteiger partial charge in [0.05, 0.1) is 44.3 Å². The van der Waals surface area contributed by atoms with E-state index < -0.39 is 0 Å². The molecule has 52 heavy (non-hydrogen) atoms. The fourth-order valence-corrected chi connectivity index (χ4v) is 7.93. The lowest BCUT2D eigenvalue weighted by atomic mass is 10.0. The van der Waals surface area contributed by atoms with Crippen LogP contribution in [0.1, 0.15) is 52.6 Å². The Balaban J connectivity index is 1.07. The standard InChI is InChI=1S/C40H24Cl2N4O6/c41-21-13-20(10-12-46-39(51)24-7-3-4-8-25(24)40(46)52)34-33(15-21)44-31-16-27-30(17-28(31)36(34)48)43-32-18-29(42)19(14-26(32)35(27)47)9-11-45-37(49)22-5-1-2-6-23(22)38(45)50/h1-8,13-18H,9-12H2,(H,43,47)(H,44,48). The number of nitrogens with one attached hydrogen (secondary N) is 2. The molecule has 7 aromatic rings. The minimum atomic E-state index is -0.385. The number of aromatic amines is 2. The average molecular weight is 728 g/mol. The van der Waals surface area contributed by atoms with Crippen LogP contribution >= 0.6 is 23.2 Å². The Hall–Kier alpha value is -6.10. The highest BCUT2D eigenvalue weighted by atomic mass is 35.5. The molecule has 0 radical (unpaired) electrons. The number of aromatic nitrogens is 2. The number of hydrogen-bond acceptors (Lipinski definition) is 6. The van der Waals surface area contributed by atoms with Crippen LogP contribution in [-0.4, -0.2) is 56.5 Å². The first-order chi connectivity index (χ1) is 25.1. The van der Waals surface area contributed by atoms with E-state index in [9.17, 15) is 28.8 Å². The minimum Gasteiger partial charge on any atom is -0.354 e. The maximum Gasteiger partial charge on any atom is 0.261 e. The maximum atomic E-state index is 14.1. The van der Waals surface area contributed by atoms with Crippen molar-refractivity contribution >= 4 is 90.4 Å². The molecule has 0 fully saturated rings. The van der Waals surface area contributed by atoms with Crippen molar-refractivity contribution < 1.29 is 19.2 Å². The third kappa shape index (κ3) is 4.79. The van der Waals surface area contributed by atoms with Crippen molar-refractivity contribution in [3.05, 3.63) is 149 Å². The van der Waals surface area contributed by atoms with E-state index in [0.717, 1.165) is 0 Å². The smallest absolute Gasteiger partial charge is 0.261 e. The normalized spacial score (nSPS) is 14.1. The molecule has 0 saturated carbocycles. The molecule has 12 heteroatoms. The van der Waals surface area contributed by atoms with Gasteiger partial charge in [-0.2, -0.15) is 0 Å². The quantitative estimate of drug-likeness (QED) is 0.145. The third-order valence-corrected chi connectivity index (χ3v) is 10.6. The van der Waals surface area contributed by atoms with Crippen LogP contribution in [0.25, 0.3) is 43.6 Å². The number of nitrogens with zero attached hydrogens (tertiary/aromatic N) is 2. The molecule has 2 aliphatic rings. The lowest BCUT2D eigenvalue weighted by Gasteiger charge is -2.16. The van der Waals surface area contributed by atoms with Gasteiger partial charge in [0, 0.05) is 44.7 Å². The first kappa shape index (κ1) is 31.9. The highest BCUT2D eigenvalue weighted by Crippen LogP contribution is 2.30. The molecule has 0 unspecified atom stereocenters. The number of pyridine rings is 2. The molecule has 0 saturated heterocycles. The van der Waals surface area contributed by atoms with Crippen LogP contribution in [0.4, 0.5) is 0 Å². The van der Waals surface area contributed by atoms with Crippen LogP contribution in [0.5, 0.6) is 0 Å². The van der Waals surface area contributed by atoms with Gasteiger partial charge in [0.15, 0.2) is 10.9 Å². The predicted molar refractivity (Wildman–Crippen MR) is 199 cm³/mol. The van der Waals surface area contributed by atoms with Crippen molar-refractivity contribution in [2.75, 3.05) is 13.1 Å². The molecule has 10 nitrogen and oxygen atoms in total. The van der Waals surface area contributed by atoms with E-state index in [4.69, 9.17) is 23.2 Å². The summed E-state index contributed by atoms with van der Waals surface area (Å²) >= 11 is 13.2. The largest absolute Gasteiger partial charge is 0.354 e. The number of halogens is 2. The maximum absolute atomic E-state index is 14.1. The number of imide groups is 2. The lowest BCUT2D eigenvalue weighted by Crippen LogP contribution is -2.32. The van der Waals surface area contributed by atoms with Crippen LogP contribution in [0.2, 0.25) is 10.0 Å². The SMILES string of the molecule is O=C1c2ccccc2C(=O)N1CCc1cc2c(=O)c3cc4[nH]c5cc(Cl)cc(CCN6C(=O)c7ccccc7C6=O)c5c(=O)c4cc3[nH]c2cc1Cl. The summed E-state index contributed by atoms with van der Waals surface area (Å²) in [6.07, 6.45) is 0.435. The van der Waals surface area contributed by atoms with E-state index in [0.29, 0.717) is 87.0 Å². The van der Waals surface area contributed by atoms with Gasteiger partial charge >= 0.3 is 0 Å². The summed E-state index contributed by atoms with van der Waals surface area (Å²) in [5, 5.41) is 2.08. The summed E-state index contributed by atoms with van der Waals surface area (Å²) in [5.74, 6) is -1.51. The first-order valence-electron chi connectivity index (χ1n) is 16.5. The number of rotatable bonds is 6. The van der Waals surface area contributed by atoms with E-state index in [1.54, 1.807) is 84.9 Å². The molecular weight excluding hydrogens is 703 g/mol. The van der Waals surface area contributed by atoms with E-state index >= 15 is 0 Å². The Bertz CT molecular complexity index is 2860. The Morgan fingerprint density at radius 2 is 0.923 bits per heavy atom. The number of fused-ring (bicyclic) bond motifs is 6. The Morgan fingerprint density at radius 3 is 1.46 bits per heavy atom. The molecule has 4 heterocycles. The van der Waals surface area contributed by atoms with Crippen molar-refractivity contribution in [3.8, 4) is 0 Å². The summed E-state index contributed by atoms with van der Waals surface area (Å²) in [6, 6.07) is 23.1. The Kier molecular flexibility index (Phi) is 7.18. The molecule has 5 aromatic carbocycles. The second-order valence-electron chi connectivity index (χ2n) is 12.9. The molecule has 2 aliphatic heterocycles. The summed E-state index contributed by atoms with van der Waals surface area (Å²) in [5.41, 5.74) is 3.72. The monoisotopic (exact) mass is 726 g/mol. The highest BCUT2D eigenvalue weighted by molar-refractivity contribution is 6.32. The fraction of sp³-hybridized carbons (Fsp3) is 0.100. The summed E-state index contributed by atoms with van der Waals surface area (Å²) in [7, 11) is 0. The third-order valence-electron chi connectivity index (χ3n) is 9.99. The van der Waals surface area contributed by atoms with E-state index in [1.807, 2.05) is 0 Å². The topological polar surface area (TPSA) is 140 Å². The van der Waals surface area contributed by atoms with Crippen molar-refractivity contribution in [2.45, 2.75) is 12.8 Å². The number of hydrogen-bond donors (Lipinski definition) is 2. The number of H-pyrrole nitrogens is 2. The van der Waals surface area contributed by atoms with Crippen molar-refractivity contribution in [3.63, 3.8) is 0 Å². The van der Waals surface area contributed by atoms with Crippen LogP contribution in [0, 0.1) is 0 Å². The number of benzene rings is 5. The molecule has 2 N–H and O–H groups in total. The van der Waals surface area contributed by atoms with Gasteiger partial charge in [-0.3, -0.25) is 38.6 Å². The van der Waals surface area contributed by atoms with Gasteiger partial charge in [0.25, 0.3) is 23.6 Å². The predicted octanol–water partition coefficient (Wildman–Crippen LogP) is 6.66. The van der Waals surface area contributed by atoms with E-state index in [2.05, 4.69) is 9.97 Å². The lowest BCUT2D eigenvalue weighted by molar-refractivity contribution is 0.0640. The zero-order chi connectivity index (χ0) is 36.0. The number of amides is 4. The van der Waals surface area contributed by atoms with E-state index in [-0.39, 0.29) is 60.4 Å². The van der Waals surface area contributed by atoms with Gasteiger partial charge < -0.3 is 9.97 Å². The summed E-state index contributed by atoms with van der Waals surface area (Å²) in [6.45, 7) is 0.141. The van der Waals surface area contributed by atoms with Crippen molar-refractivity contribution in [1.29, 1.82) is 0 Å². The zero-order valence-electron chi connectivity index (χ0n) is 27.0. The Morgan fingerprint density at radius 1 is 0.481 bits per heavy atom. The van der Waals surface area contributed by atoms with Gasteiger partial charge in [-0.25, -0.2) is 0 Å². The van der Waals surface area contributed by atoms with Gasteiger partial charge in [-0.05, 0) is 84.6 Å². The molecule has 0 aliphatic carbocycles. The molecule has 2 aromatic heterocycles. The summed E-state index contributed by atoms with van der Waals surface area (Å²) in [4.78, 5) is 88.7. The summed E-state index contributed by atoms with van der Waals surface area (Å²) < 4.78 is 0. The highest BCUT2D eigenvalue weighted by Gasteiger charge is 2.36. The molecule has 4 amide bonds. The van der Waals surface area contributed by atoms with Crippen molar-refractivity contribution in [2.24, 2.45) is 0 Å². The fourth-order valence-electron chi connectivity index (χ4n) is 7.43. The van der Waals surface area contributed by atoms with Gasteiger partial charge in [-0.1, -0.05) is 47.5 Å². The first-order valence-corrected chi connectivity index (χ1v) is 17.2. The van der Waals surface area contributed by atoms with Gasteiger partial charge in [0.2, 0.25) is 0 Å². The van der Waals surface area contributed by atoms with Crippen LogP contribution < -0.4 is 10.9 Å². The van der Waals surface area contributed by atoms with Gasteiger partial charge in [0.1, 0.15) is 0 Å². The minimum absolute atomic E-state index is 0.0529. The number of carbonyl (C=O) groups excluding carboxylic acids is 4. The molecule has 9 rings (SSSR count). The molecule has 254 valence electrons. The molecular formula is C40H24Cl2N4O6. The second-order valence-corrected chi connectivity index (χ2v) is 13.8. The van der Waals surface area contributed by atoms with Crippen molar-refractivity contribution in [1.82, 2.24) is 19.8 Å². The zero-order valence-corrected chi connectivity index (χ0v) is 28.5. The Labute approximate surface area is 303 Å². The molecule has 0 spiro atoms. The van der Waals surface area contributed by atoms with Crippen LogP contribution in [0.3, 0.4) is 0 Å². The van der Waals surface area contributed by atoms with Crippen LogP contribution in [0.15, 0.2) is 94.5 Å². The number of carbonyl (C=O) groups is 4. The average Bonchev–Trinajstić information content (AvgIpc) is 3.52. The van der Waals surface area contributed by atoms with Gasteiger partial charge in [-0.15, -0.1) is 0 Å². The molecule has 0 atom stereocenters. The van der Waals surface area contributed by atoms with E-state index in [1.165, 1.54) is 9.80 Å².